The summed E-state index contributed by atoms with van der Waals surface area (Å²) in [6, 6.07) is 16.3. The van der Waals surface area contributed by atoms with Gasteiger partial charge in [0, 0.05) is 37.5 Å². The molecule has 0 saturated heterocycles. The minimum Gasteiger partial charge on any atom is -0.497 e. The van der Waals surface area contributed by atoms with Crippen molar-refractivity contribution in [3.63, 3.8) is 0 Å². The minimum absolute atomic E-state index is 0.151. The number of hydrogen-bond donors (Lipinski definition) is 3. The molecule has 1 aliphatic rings. The predicted molar refractivity (Wildman–Crippen MR) is 128 cm³/mol. The number of hydrogen-bond acceptors (Lipinski definition) is 7. The summed E-state index contributed by atoms with van der Waals surface area (Å²) in [6.07, 6.45) is 2.21. The van der Waals surface area contributed by atoms with E-state index in [2.05, 4.69) is 45.2 Å². The molecule has 2 atom stereocenters. The van der Waals surface area contributed by atoms with Crippen LogP contribution >= 0.6 is 0 Å². The SMILES string of the molecule is COc1ccc(C2C=NC(Nc3ccc(CNCCC(=O)OC(C)(C)C)cc3)NC2)cc1. The van der Waals surface area contributed by atoms with Crippen molar-refractivity contribution in [2.24, 2.45) is 4.99 Å². The summed E-state index contributed by atoms with van der Waals surface area (Å²) in [5.41, 5.74) is 2.93. The zero-order valence-corrected chi connectivity index (χ0v) is 19.4. The Bertz CT molecular complexity index is 889. The Hall–Kier alpha value is -2.90. The minimum atomic E-state index is -0.437. The van der Waals surface area contributed by atoms with Crippen LogP contribution in [0.2, 0.25) is 0 Å². The Balaban J connectivity index is 1.40. The van der Waals surface area contributed by atoms with Crippen molar-refractivity contribution in [2.45, 2.75) is 51.5 Å². The standard InChI is InChI=1S/C25H34N4O3/c1-25(2,3)32-23(30)13-14-26-15-18-5-9-21(10-6-18)29-24-27-16-20(17-28-24)19-7-11-22(31-4)12-8-19/h5-12,16,20,24,26,28-29H,13-15,17H2,1-4H3. The first-order chi connectivity index (χ1) is 15.3. The van der Waals surface area contributed by atoms with Gasteiger partial charge in [0.1, 0.15) is 11.4 Å². The summed E-state index contributed by atoms with van der Waals surface area (Å²) in [6.45, 7) is 7.73. The second-order valence-corrected chi connectivity index (χ2v) is 8.84. The van der Waals surface area contributed by atoms with E-state index >= 15 is 0 Å². The molecule has 2 unspecified atom stereocenters. The molecular formula is C25H34N4O3. The summed E-state index contributed by atoms with van der Waals surface area (Å²) in [5.74, 6) is 0.920. The van der Waals surface area contributed by atoms with E-state index < -0.39 is 5.60 Å². The Kier molecular flexibility index (Phi) is 8.25. The molecule has 0 bridgehead atoms. The first-order valence-corrected chi connectivity index (χ1v) is 11.0. The van der Waals surface area contributed by atoms with E-state index in [1.54, 1.807) is 7.11 Å². The highest BCUT2D eigenvalue weighted by Gasteiger charge is 2.18. The molecule has 3 N–H and O–H groups in total. The molecule has 0 amide bonds. The van der Waals surface area contributed by atoms with Crippen molar-refractivity contribution in [2.75, 3.05) is 25.5 Å². The lowest BCUT2D eigenvalue weighted by Crippen LogP contribution is -2.41. The van der Waals surface area contributed by atoms with Crippen molar-refractivity contribution in [1.29, 1.82) is 0 Å². The number of nitrogens with one attached hydrogen (secondary N) is 3. The lowest BCUT2D eigenvalue weighted by atomic mass is 9.99. The molecule has 172 valence electrons. The fourth-order valence-electron chi connectivity index (χ4n) is 3.37. The summed E-state index contributed by atoms with van der Waals surface area (Å²) in [5, 5.41) is 10.1. The molecular weight excluding hydrogens is 404 g/mol. The van der Waals surface area contributed by atoms with Gasteiger partial charge in [0.05, 0.1) is 13.5 Å². The van der Waals surface area contributed by atoms with E-state index in [-0.39, 0.29) is 18.2 Å². The van der Waals surface area contributed by atoms with E-state index in [1.807, 2.05) is 51.3 Å². The van der Waals surface area contributed by atoms with Crippen LogP contribution in [0.1, 0.15) is 44.2 Å². The molecule has 0 spiro atoms. The maximum atomic E-state index is 11.7. The molecule has 1 aliphatic heterocycles. The summed E-state index contributed by atoms with van der Waals surface area (Å²) >= 11 is 0. The van der Waals surface area contributed by atoms with Gasteiger partial charge in [0.15, 0.2) is 6.29 Å². The third-order valence-electron chi connectivity index (χ3n) is 5.00. The van der Waals surface area contributed by atoms with Gasteiger partial charge in [-0.1, -0.05) is 24.3 Å². The topological polar surface area (TPSA) is 84.0 Å². The van der Waals surface area contributed by atoms with Crippen LogP contribution in [0.15, 0.2) is 53.5 Å². The van der Waals surface area contributed by atoms with Crippen LogP contribution < -0.4 is 20.7 Å². The zero-order chi connectivity index (χ0) is 23.0. The molecule has 0 radical (unpaired) electrons. The normalized spacial score (nSPS) is 18.2. The lowest BCUT2D eigenvalue weighted by Gasteiger charge is -2.25. The molecule has 2 aromatic carbocycles. The van der Waals surface area contributed by atoms with Crippen molar-refractivity contribution in [1.82, 2.24) is 10.6 Å². The first-order valence-electron chi connectivity index (χ1n) is 11.0. The Morgan fingerprint density at radius 2 is 1.84 bits per heavy atom. The first kappa shape index (κ1) is 23.8. The van der Waals surface area contributed by atoms with Crippen LogP contribution in [0.3, 0.4) is 0 Å². The van der Waals surface area contributed by atoms with Crippen LogP contribution in [0.5, 0.6) is 5.75 Å². The smallest absolute Gasteiger partial charge is 0.307 e. The summed E-state index contributed by atoms with van der Waals surface area (Å²) < 4.78 is 10.5. The van der Waals surface area contributed by atoms with Crippen molar-refractivity contribution < 1.29 is 14.3 Å². The molecule has 0 saturated carbocycles. The number of aliphatic imine (C=N–C) groups is 1. The number of methoxy groups -OCH3 is 1. The molecule has 7 nitrogen and oxygen atoms in total. The van der Waals surface area contributed by atoms with Crippen LogP contribution in [0, 0.1) is 0 Å². The van der Waals surface area contributed by atoms with Gasteiger partial charge < -0.3 is 20.1 Å². The van der Waals surface area contributed by atoms with Gasteiger partial charge in [-0.2, -0.15) is 0 Å². The number of ether oxygens (including phenoxy) is 2. The lowest BCUT2D eigenvalue weighted by molar-refractivity contribution is -0.154. The molecule has 3 rings (SSSR count). The number of carbonyl (C=O) groups is 1. The number of benzene rings is 2. The number of nitrogens with zero attached hydrogens (tertiary/aromatic N) is 1. The maximum absolute atomic E-state index is 11.7. The fraction of sp³-hybridized carbons (Fsp3) is 0.440. The zero-order valence-electron chi connectivity index (χ0n) is 19.4. The van der Waals surface area contributed by atoms with Gasteiger partial charge in [-0.15, -0.1) is 0 Å². The number of anilines is 1. The average molecular weight is 439 g/mol. The molecule has 2 aromatic rings. The highest BCUT2D eigenvalue weighted by molar-refractivity contribution is 5.70. The summed E-state index contributed by atoms with van der Waals surface area (Å²) in [4.78, 5) is 16.4. The van der Waals surface area contributed by atoms with Gasteiger partial charge in [0.2, 0.25) is 0 Å². The van der Waals surface area contributed by atoms with E-state index in [0.717, 1.165) is 23.5 Å². The number of rotatable bonds is 9. The quantitative estimate of drug-likeness (QED) is 0.409. The van der Waals surface area contributed by atoms with E-state index in [0.29, 0.717) is 19.5 Å². The molecule has 1 heterocycles. The Labute approximate surface area is 190 Å². The third-order valence-corrected chi connectivity index (χ3v) is 5.00. The van der Waals surface area contributed by atoms with E-state index in [1.165, 1.54) is 5.56 Å². The van der Waals surface area contributed by atoms with Crippen molar-refractivity contribution >= 4 is 17.9 Å². The average Bonchev–Trinajstić information content (AvgIpc) is 2.77. The molecule has 7 heteroatoms. The van der Waals surface area contributed by atoms with E-state index in [9.17, 15) is 4.79 Å². The van der Waals surface area contributed by atoms with E-state index in [4.69, 9.17) is 9.47 Å². The molecule has 0 aliphatic carbocycles. The Morgan fingerprint density at radius 1 is 1.12 bits per heavy atom. The Morgan fingerprint density at radius 3 is 2.44 bits per heavy atom. The molecule has 0 fully saturated rings. The highest BCUT2D eigenvalue weighted by atomic mass is 16.6. The van der Waals surface area contributed by atoms with Crippen molar-refractivity contribution in [3.8, 4) is 5.75 Å². The van der Waals surface area contributed by atoms with Crippen molar-refractivity contribution in [3.05, 3.63) is 59.7 Å². The second-order valence-electron chi connectivity index (χ2n) is 8.84. The van der Waals surface area contributed by atoms with Crippen LogP contribution in [-0.2, 0) is 16.1 Å². The van der Waals surface area contributed by atoms with Gasteiger partial charge in [-0.05, 0) is 56.2 Å². The van der Waals surface area contributed by atoms with Gasteiger partial charge in [-0.3, -0.25) is 15.1 Å². The molecule has 32 heavy (non-hydrogen) atoms. The summed E-state index contributed by atoms with van der Waals surface area (Å²) in [7, 11) is 1.67. The van der Waals surface area contributed by atoms with Gasteiger partial charge in [0.25, 0.3) is 0 Å². The van der Waals surface area contributed by atoms with Gasteiger partial charge in [-0.25, -0.2) is 0 Å². The van der Waals surface area contributed by atoms with Crippen LogP contribution in [0.4, 0.5) is 5.69 Å². The second kappa shape index (κ2) is 11.1. The fourth-order valence-corrected chi connectivity index (χ4v) is 3.37. The predicted octanol–water partition coefficient (Wildman–Crippen LogP) is 3.67. The van der Waals surface area contributed by atoms with Gasteiger partial charge >= 0.3 is 5.97 Å². The number of carbonyl (C=O) groups excluding carboxylic acids is 1. The van der Waals surface area contributed by atoms with Crippen LogP contribution in [0.25, 0.3) is 0 Å². The highest BCUT2D eigenvalue weighted by Crippen LogP contribution is 2.20. The largest absolute Gasteiger partial charge is 0.497 e. The monoisotopic (exact) mass is 438 g/mol. The van der Waals surface area contributed by atoms with Crippen LogP contribution in [-0.4, -0.2) is 44.3 Å². The third kappa shape index (κ3) is 7.66. The number of esters is 1. The maximum Gasteiger partial charge on any atom is 0.307 e. The molecule has 0 aromatic heterocycles.